The molecule has 0 N–H and O–H groups in total. The first-order valence-electron chi connectivity index (χ1n) is 6.55. The molecule has 1 aromatic heterocycles. The largest absolute Gasteiger partial charge is 0.408 e. The lowest BCUT2D eigenvalue weighted by molar-refractivity contribution is 0.0809. The van der Waals surface area contributed by atoms with Gasteiger partial charge in [0.2, 0.25) is 5.16 Å². The first-order chi connectivity index (χ1) is 9.27. The maximum atomic E-state index is 12.4. The van der Waals surface area contributed by atoms with E-state index in [0.29, 0.717) is 17.1 Å². The van der Waals surface area contributed by atoms with Crippen LogP contribution in [-0.2, 0) is 0 Å². The van der Waals surface area contributed by atoms with E-state index >= 15 is 0 Å². The molecular formula is C14H18N2O2S. The van der Waals surface area contributed by atoms with Gasteiger partial charge in [0.25, 0.3) is 5.56 Å². The molecular weight excluding hydrogens is 260 g/mol. The Morgan fingerprint density at radius 1 is 1.26 bits per heavy atom. The summed E-state index contributed by atoms with van der Waals surface area (Å²) in [4.78, 5) is 22.5. The van der Waals surface area contributed by atoms with Gasteiger partial charge in [-0.15, -0.1) is 4.73 Å². The Balaban J connectivity index is 2.52. The van der Waals surface area contributed by atoms with Crippen molar-refractivity contribution < 1.29 is 4.84 Å². The number of nitrogens with zero attached hydrogens (tertiary/aromatic N) is 2. The average molecular weight is 278 g/mol. The van der Waals surface area contributed by atoms with Crippen molar-refractivity contribution in [3.63, 3.8) is 0 Å². The SMILES string of the molecule is CCCOn1c(SCCC)nc2ccccc2c1=O. The molecule has 1 heterocycles. The van der Waals surface area contributed by atoms with Crippen molar-refractivity contribution in [2.45, 2.75) is 31.8 Å². The van der Waals surface area contributed by atoms with Gasteiger partial charge in [0.05, 0.1) is 10.9 Å². The topological polar surface area (TPSA) is 44.1 Å². The van der Waals surface area contributed by atoms with Crippen molar-refractivity contribution in [3.8, 4) is 0 Å². The Morgan fingerprint density at radius 2 is 2.05 bits per heavy atom. The average Bonchev–Trinajstić information content (AvgIpc) is 2.44. The van der Waals surface area contributed by atoms with Gasteiger partial charge in [-0.3, -0.25) is 4.79 Å². The lowest BCUT2D eigenvalue weighted by Crippen LogP contribution is -2.30. The van der Waals surface area contributed by atoms with Crippen LogP contribution in [0.4, 0.5) is 0 Å². The molecule has 19 heavy (non-hydrogen) atoms. The van der Waals surface area contributed by atoms with Crippen LogP contribution in [0.3, 0.4) is 0 Å². The van der Waals surface area contributed by atoms with E-state index < -0.39 is 0 Å². The molecule has 1 aromatic carbocycles. The molecule has 0 amide bonds. The quantitative estimate of drug-likeness (QED) is 0.602. The number of benzene rings is 1. The lowest BCUT2D eigenvalue weighted by atomic mass is 10.2. The Bertz CT molecular complexity index is 610. The van der Waals surface area contributed by atoms with Crippen LogP contribution < -0.4 is 10.4 Å². The minimum Gasteiger partial charge on any atom is -0.408 e. The summed E-state index contributed by atoms with van der Waals surface area (Å²) in [5, 5.41) is 1.23. The summed E-state index contributed by atoms with van der Waals surface area (Å²) in [5.74, 6) is 0.917. The summed E-state index contributed by atoms with van der Waals surface area (Å²) in [6, 6.07) is 7.37. The van der Waals surface area contributed by atoms with E-state index in [-0.39, 0.29) is 5.56 Å². The van der Waals surface area contributed by atoms with Crippen LogP contribution in [0.1, 0.15) is 26.7 Å². The lowest BCUT2D eigenvalue weighted by Gasteiger charge is -2.12. The number of aromatic nitrogens is 2. The fourth-order valence-corrected chi connectivity index (χ4v) is 2.48. The summed E-state index contributed by atoms with van der Waals surface area (Å²) in [7, 11) is 0. The fraction of sp³-hybridized carbons (Fsp3) is 0.429. The van der Waals surface area contributed by atoms with Crippen LogP contribution in [0, 0.1) is 0 Å². The van der Waals surface area contributed by atoms with Crippen LogP contribution >= 0.6 is 11.8 Å². The second kappa shape index (κ2) is 6.61. The van der Waals surface area contributed by atoms with Gasteiger partial charge in [0.15, 0.2) is 0 Å². The fourth-order valence-electron chi connectivity index (χ4n) is 1.68. The van der Waals surface area contributed by atoms with Gasteiger partial charge in [0, 0.05) is 5.75 Å². The van der Waals surface area contributed by atoms with Crippen molar-refractivity contribution in [2.24, 2.45) is 0 Å². The molecule has 0 aliphatic heterocycles. The van der Waals surface area contributed by atoms with Crippen molar-refractivity contribution in [2.75, 3.05) is 12.4 Å². The summed E-state index contributed by atoms with van der Waals surface area (Å²) >= 11 is 1.55. The monoisotopic (exact) mass is 278 g/mol. The van der Waals surface area contributed by atoms with E-state index in [1.165, 1.54) is 4.73 Å². The molecule has 2 rings (SSSR count). The van der Waals surface area contributed by atoms with Gasteiger partial charge >= 0.3 is 0 Å². The Labute approximate surface area is 116 Å². The molecule has 0 aliphatic rings. The van der Waals surface area contributed by atoms with E-state index in [2.05, 4.69) is 11.9 Å². The maximum absolute atomic E-state index is 12.4. The van der Waals surface area contributed by atoms with E-state index in [1.54, 1.807) is 17.8 Å². The van der Waals surface area contributed by atoms with E-state index in [9.17, 15) is 4.79 Å². The van der Waals surface area contributed by atoms with Crippen LogP contribution in [0.5, 0.6) is 0 Å². The molecule has 4 nitrogen and oxygen atoms in total. The van der Waals surface area contributed by atoms with E-state index in [4.69, 9.17) is 4.84 Å². The van der Waals surface area contributed by atoms with Crippen molar-refractivity contribution in [3.05, 3.63) is 34.6 Å². The second-order valence-corrected chi connectivity index (χ2v) is 5.25. The second-order valence-electron chi connectivity index (χ2n) is 4.19. The number of rotatable bonds is 6. The highest BCUT2D eigenvalue weighted by atomic mass is 32.2. The predicted octanol–water partition coefficient (Wildman–Crippen LogP) is 2.74. The number of hydrogen-bond donors (Lipinski definition) is 0. The summed E-state index contributed by atoms with van der Waals surface area (Å²) < 4.78 is 1.34. The highest BCUT2D eigenvalue weighted by Gasteiger charge is 2.11. The molecule has 0 bridgehead atoms. The number of hydrogen-bond acceptors (Lipinski definition) is 4. The van der Waals surface area contributed by atoms with Gasteiger partial charge in [-0.25, -0.2) is 4.98 Å². The Morgan fingerprint density at radius 3 is 2.79 bits per heavy atom. The number of thioether (sulfide) groups is 1. The van der Waals surface area contributed by atoms with Crippen molar-refractivity contribution in [1.29, 1.82) is 0 Å². The number of para-hydroxylation sites is 1. The zero-order chi connectivity index (χ0) is 13.7. The molecule has 102 valence electrons. The highest BCUT2D eigenvalue weighted by Crippen LogP contribution is 2.17. The molecule has 0 aliphatic carbocycles. The molecule has 0 spiro atoms. The van der Waals surface area contributed by atoms with Crippen LogP contribution in [0.25, 0.3) is 10.9 Å². The molecule has 0 radical (unpaired) electrons. The highest BCUT2D eigenvalue weighted by molar-refractivity contribution is 7.99. The Hall–Kier alpha value is -1.49. The Kier molecular flexibility index (Phi) is 4.85. The molecule has 5 heteroatoms. The maximum Gasteiger partial charge on any atom is 0.295 e. The molecule has 0 atom stereocenters. The molecule has 0 saturated carbocycles. The van der Waals surface area contributed by atoms with Crippen molar-refractivity contribution >= 4 is 22.7 Å². The van der Waals surface area contributed by atoms with Gasteiger partial charge in [-0.2, -0.15) is 0 Å². The van der Waals surface area contributed by atoms with Crippen LogP contribution in [0.2, 0.25) is 0 Å². The van der Waals surface area contributed by atoms with Gasteiger partial charge < -0.3 is 4.84 Å². The minimum atomic E-state index is -0.127. The van der Waals surface area contributed by atoms with Gasteiger partial charge in [-0.1, -0.05) is 37.7 Å². The van der Waals surface area contributed by atoms with Crippen LogP contribution in [-0.4, -0.2) is 22.1 Å². The molecule has 0 fully saturated rings. The van der Waals surface area contributed by atoms with Gasteiger partial charge in [-0.05, 0) is 25.0 Å². The molecule has 0 unspecified atom stereocenters. The van der Waals surface area contributed by atoms with Crippen LogP contribution in [0.15, 0.2) is 34.2 Å². The molecule has 0 saturated heterocycles. The van der Waals surface area contributed by atoms with E-state index in [0.717, 1.165) is 24.1 Å². The van der Waals surface area contributed by atoms with E-state index in [1.807, 2.05) is 25.1 Å². The predicted molar refractivity (Wildman–Crippen MR) is 78.8 cm³/mol. The third kappa shape index (κ3) is 3.10. The third-order valence-corrected chi connectivity index (χ3v) is 3.70. The minimum absolute atomic E-state index is 0.127. The normalized spacial score (nSPS) is 10.8. The first-order valence-corrected chi connectivity index (χ1v) is 7.54. The zero-order valence-corrected chi connectivity index (χ0v) is 12.1. The van der Waals surface area contributed by atoms with Gasteiger partial charge in [0.1, 0.15) is 6.61 Å². The third-order valence-electron chi connectivity index (χ3n) is 2.57. The summed E-state index contributed by atoms with van der Waals surface area (Å²) in [6.45, 7) is 4.63. The van der Waals surface area contributed by atoms with Crippen molar-refractivity contribution in [1.82, 2.24) is 9.71 Å². The smallest absolute Gasteiger partial charge is 0.295 e. The number of fused-ring (bicyclic) bond motifs is 1. The zero-order valence-electron chi connectivity index (χ0n) is 11.3. The summed E-state index contributed by atoms with van der Waals surface area (Å²) in [5.41, 5.74) is 0.597. The standard InChI is InChI=1S/C14H18N2O2S/c1-3-9-18-16-13(17)11-7-5-6-8-12(11)15-14(16)19-10-4-2/h5-8H,3-4,9-10H2,1-2H3. The molecule has 2 aromatic rings. The summed E-state index contributed by atoms with van der Waals surface area (Å²) in [6.07, 6.45) is 1.89. The first kappa shape index (κ1) is 13.9.